The van der Waals surface area contributed by atoms with E-state index in [9.17, 15) is 13.6 Å². The van der Waals surface area contributed by atoms with Crippen molar-refractivity contribution in [1.29, 1.82) is 0 Å². The van der Waals surface area contributed by atoms with Gasteiger partial charge in [-0.05, 0) is 42.3 Å². The van der Waals surface area contributed by atoms with E-state index < -0.39 is 6.04 Å². The maximum atomic E-state index is 13.4. The number of amides is 1. The zero-order valence-corrected chi connectivity index (χ0v) is 12.1. The van der Waals surface area contributed by atoms with Gasteiger partial charge in [0.15, 0.2) is 0 Å². The summed E-state index contributed by atoms with van der Waals surface area (Å²) in [5.74, 6) is -0.793. The molecular formula is C17H16F2N2O. The largest absolute Gasteiger partial charge is 0.372 e. The van der Waals surface area contributed by atoms with E-state index in [4.69, 9.17) is 0 Å². The minimum atomic E-state index is -0.400. The van der Waals surface area contributed by atoms with Crippen LogP contribution in [0.4, 0.5) is 20.2 Å². The van der Waals surface area contributed by atoms with Crippen molar-refractivity contribution in [2.45, 2.75) is 25.9 Å². The number of anilines is 2. The summed E-state index contributed by atoms with van der Waals surface area (Å²) in [7, 11) is 0. The van der Waals surface area contributed by atoms with Gasteiger partial charge in [0.25, 0.3) is 0 Å². The lowest BCUT2D eigenvalue weighted by Gasteiger charge is -2.35. The number of halogens is 2. The molecule has 0 radical (unpaired) electrons. The lowest BCUT2D eigenvalue weighted by molar-refractivity contribution is -0.119. The third-order valence-corrected chi connectivity index (χ3v) is 3.78. The molecule has 22 heavy (non-hydrogen) atoms. The van der Waals surface area contributed by atoms with Gasteiger partial charge >= 0.3 is 0 Å². The normalized spacial score (nSPS) is 17.1. The van der Waals surface area contributed by atoms with Crippen molar-refractivity contribution < 1.29 is 13.6 Å². The second-order valence-corrected chi connectivity index (χ2v) is 5.32. The summed E-state index contributed by atoms with van der Waals surface area (Å²) in [6.07, 6.45) is 0.592. The lowest BCUT2D eigenvalue weighted by atomic mass is 10.1. The van der Waals surface area contributed by atoms with E-state index in [0.717, 1.165) is 0 Å². The van der Waals surface area contributed by atoms with Crippen molar-refractivity contribution >= 4 is 17.3 Å². The number of hydrogen-bond donors (Lipinski definition) is 1. The van der Waals surface area contributed by atoms with E-state index in [-0.39, 0.29) is 24.1 Å². The van der Waals surface area contributed by atoms with Crippen LogP contribution in [0, 0.1) is 11.6 Å². The van der Waals surface area contributed by atoms with Crippen molar-refractivity contribution in [3.8, 4) is 0 Å². The van der Waals surface area contributed by atoms with Gasteiger partial charge in [0.1, 0.15) is 17.7 Å². The molecule has 0 saturated carbocycles. The van der Waals surface area contributed by atoms with Crippen molar-refractivity contribution in [2.24, 2.45) is 0 Å². The van der Waals surface area contributed by atoms with Gasteiger partial charge in [-0.25, -0.2) is 8.78 Å². The van der Waals surface area contributed by atoms with Crippen LogP contribution in [0.25, 0.3) is 0 Å². The third kappa shape index (κ3) is 2.66. The van der Waals surface area contributed by atoms with E-state index in [1.807, 2.05) is 6.92 Å². The Morgan fingerprint density at radius 2 is 1.91 bits per heavy atom. The van der Waals surface area contributed by atoms with E-state index in [2.05, 4.69) is 5.32 Å². The highest BCUT2D eigenvalue weighted by Gasteiger charge is 2.31. The highest BCUT2D eigenvalue weighted by Crippen LogP contribution is 2.34. The number of carbonyl (C=O) groups excluding carboxylic acids is 1. The van der Waals surface area contributed by atoms with Gasteiger partial charge in [0.2, 0.25) is 5.91 Å². The zero-order chi connectivity index (χ0) is 15.7. The Kier molecular flexibility index (Phi) is 3.79. The minimum absolute atomic E-state index is 0.0918. The van der Waals surface area contributed by atoms with Crippen molar-refractivity contribution in [3.63, 3.8) is 0 Å². The van der Waals surface area contributed by atoms with Crippen LogP contribution in [-0.2, 0) is 11.3 Å². The number of carbonyl (C=O) groups is 1. The monoisotopic (exact) mass is 302 g/mol. The van der Waals surface area contributed by atoms with Gasteiger partial charge in [0.05, 0.1) is 17.9 Å². The summed E-state index contributed by atoms with van der Waals surface area (Å²) in [6.45, 7) is 2.15. The Balaban J connectivity index is 1.99. The number of benzene rings is 2. The molecule has 5 heteroatoms. The molecule has 0 saturated heterocycles. The zero-order valence-electron chi connectivity index (χ0n) is 12.1. The highest BCUT2D eigenvalue weighted by molar-refractivity contribution is 6.04. The molecule has 1 aliphatic rings. The predicted molar refractivity (Wildman–Crippen MR) is 81.7 cm³/mol. The van der Waals surface area contributed by atoms with E-state index in [1.165, 1.54) is 24.3 Å². The van der Waals surface area contributed by atoms with E-state index in [0.29, 0.717) is 23.4 Å². The number of hydrogen-bond acceptors (Lipinski definition) is 2. The number of nitrogens with zero attached hydrogens (tertiary/aromatic N) is 1. The number of rotatable bonds is 3. The second-order valence-electron chi connectivity index (χ2n) is 5.32. The fraction of sp³-hybridized carbons (Fsp3) is 0.235. The Bertz CT molecular complexity index is 718. The van der Waals surface area contributed by atoms with E-state index >= 15 is 0 Å². The predicted octanol–water partition coefficient (Wildman–Crippen LogP) is 3.70. The van der Waals surface area contributed by atoms with Crippen molar-refractivity contribution in [1.82, 2.24) is 0 Å². The maximum Gasteiger partial charge on any atom is 0.249 e. The van der Waals surface area contributed by atoms with Gasteiger partial charge in [-0.1, -0.05) is 19.1 Å². The Labute approximate surface area is 127 Å². The topological polar surface area (TPSA) is 32.3 Å². The summed E-state index contributed by atoms with van der Waals surface area (Å²) in [4.78, 5) is 14.1. The van der Waals surface area contributed by atoms with Crippen LogP contribution in [-0.4, -0.2) is 11.9 Å². The molecule has 1 amide bonds. The smallest absolute Gasteiger partial charge is 0.249 e. The Hall–Kier alpha value is -2.43. The highest BCUT2D eigenvalue weighted by atomic mass is 19.1. The molecule has 1 atom stereocenters. The molecule has 1 heterocycles. The molecule has 0 spiro atoms. The average Bonchev–Trinajstić information content (AvgIpc) is 2.50. The fourth-order valence-electron chi connectivity index (χ4n) is 2.67. The van der Waals surface area contributed by atoms with Crippen molar-refractivity contribution in [2.75, 3.05) is 10.2 Å². The molecule has 2 aromatic carbocycles. The summed E-state index contributed by atoms with van der Waals surface area (Å²) >= 11 is 0. The molecule has 1 unspecified atom stereocenters. The molecule has 1 N–H and O–H groups in total. The van der Waals surface area contributed by atoms with Crippen LogP contribution in [0.1, 0.15) is 18.9 Å². The first-order chi connectivity index (χ1) is 10.6. The summed E-state index contributed by atoms with van der Waals surface area (Å²) in [5, 5.41) is 3.06. The summed E-state index contributed by atoms with van der Waals surface area (Å²) in [5.41, 5.74) is 1.89. The van der Waals surface area contributed by atoms with Crippen LogP contribution >= 0.6 is 0 Å². The standard InChI is InChI=1S/C17H16F2N2O/c1-2-14-17(22)21(10-11-4-3-5-12(18)8-11)16-7-6-13(19)9-15(16)20-14/h3-9,14,20H,2,10H2,1H3. The molecule has 2 aromatic rings. The van der Waals surface area contributed by atoms with Gasteiger partial charge in [-0.3, -0.25) is 4.79 Å². The van der Waals surface area contributed by atoms with Gasteiger partial charge in [-0.2, -0.15) is 0 Å². The van der Waals surface area contributed by atoms with Crippen LogP contribution in [0.5, 0.6) is 0 Å². The van der Waals surface area contributed by atoms with Crippen LogP contribution in [0.15, 0.2) is 42.5 Å². The van der Waals surface area contributed by atoms with Crippen molar-refractivity contribution in [3.05, 3.63) is 59.7 Å². The van der Waals surface area contributed by atoms with Crippen LogP contribution in [0.2, 0.25) is 0 Å². The van der Waals surface area contributed by atoms with Gasteiger partial charge in [-0.15, -0.1) is 0 Å². The Morgan fingerprint density at radius 3 is 2.64 bits per heavy atom. The molecule has 0 aliphatic carbocycles. The molecular weight excluding hydrogens is 286 g/mol. The first-order valence-corrected chi connectivity index (χ1v) is 7.20. The summed E-state index contributed by atoms with van der Waals surface area (Å²) in [6, 6.07) is 10.0. The Morgan fingerprint density at radius 1 is 1.14 bits per heavy atom. The number of nitrogens with one attached hydrogen (secondary N) is 1. The maximum absolute atomic E-state index is 13.4. The molecule has 114 valence electrons. The molecule has 0 fully saturated rings. The van der Waals surface area contributed by atoms with Gasteiger partial charge < -0.3 is 10.2 Å². The molecule has 3 nitrogen and oxygen atoms in total. The molecule has 1 aliphatic heterocycles. The number of fused-ring (bicyclic) bond motifs is 1. The average molecular weight is 302 g/mol. The molecule has 0 bridgehead atoms. The van der Waals surface area contributed by atoms with Crippen LogP contribution in [0.3, 0.4) is 0 Å². The SMILES string of the molecule is CCC1Nc2cc(F)ccc2N(Cc2cccc(F)c2)C1=O. The molecule has 0 aromatic heterocycles. The van der Waals surface area contributed by atoms with Gasteiger partial charge in [0, 0.05) is 0 Å². The first kappa shape index (κ1) is 14.5. The van der Waals surface area contributed by atoms with E-state index in [1.54, 1.807) is 23.1 Å². The second kappa shape index (κ2) is 5.75. The quantitative estimate of drug-likeness (QED) is 0.937. The minimum Gasteiger partial charge on any atom is -0.372 e. The fourth-order valence-corrected chi connectivity index (χ4v) is 2.67. The summed E-state index contributed by atoms with van der Waals surface area (Å²) < 4.78 is 26.8. The third-order valence-electron chi connectivity index (χ3n) is 3.78. The lowest BCUT2D eigenvalue weighted by Crippen LogP contribution is -2.46. The first-order valence-electron chi connectivity index (χ1n) is 7.20. The van der Waals surface area contributed by atoms with Crippen LogP contribution < -0.4 is 10.2 Å². The molecule has 3 rings (SSSR count).